The summed E-state index contributed by atoms with van der Waals surface area (Å²) < 4.78 is 22.0. The highest BCUT2D eigenvalue weighted by atomic mass is 19.1. The average Bonchev–Trinajstić information content (AvgIpc) is 2.86. The Balaban J connectivity index is 2.18. The van der Waals surface area contributed by atoms with Gasteiger partial charge in [-0.3, -0.25) is 9.59 Å². The minimum Gasteiger partial charge on any atom is -0.444 e. The lowest BCUT2D eigenvalue weighted by Gasteiger charge is -2.07. The third kappa shape index (κ3) is 3.19. The maximum absolute atomic E-state index is 12.3. The van der Waals surface area contributed by atoms with Crippen LogP contribution in [0.5, 0.6) is 5.75 Å². The zero-order chi connectivity index (χ0) is 14.5. The van der Waals surface area contributed by atoms with Gasteiger partial charge < -0.3 is 14.5 Å². The number of aromatic nitrogens is 1. The van der Waals surface area contributed by atoms with Crippen LogP contribution in [0.1, 0.15) is 23.2 Å². The Morgan fingerprint density at radius 3 is 2.80 bits per heavy atom. The summed E-state index contributed by atoms with van der Waals surface area (Å²) in [5.41, 5.74) is 0.160. The van der Waals surface area contributed by atoms with Crippen LogP contribution in [-0.4, -0.2) is 16.9 Å². The Kier molecular flexibility index (Phi) is 4.09. The molecule has 104 valence electrons. The number of halogens is 1. The number of nitrogens with zero attached hydrogens (tertiary/aromatic N) is 1. The van der Waals surface area contributed by atoms with Gasteiger partial charge in [-0.15, -0.1) is 0 Å². The summed E-state index contributed by atoms with van der Waals surface area (Å²) in [7, 11) is 0. The van der Waals surface area contributed by atoms with Crippen molar-refractivity contribution in [1.29, 1.82) is 0 Å². The summed E-state index contributed by atoms with van der Waals surface area (Å²) in [6.45, 7) is 0.375. The lowest BCUT2D eigenvalue weighted by Crippen LogP contribution is -2.15. The minimum atomic E-state index is -0.861. The topological polar surface area (TPSA) is 81.4 Å². The molecule has 0 saturated carbocycles. The number of rotatable bonds is 4. The lowest BCUT2D eigenvalue weighted by atomic mass is 10.2. The molecule has 0 bridgehead atoms. The molecule has 1 aromatic heterocycles. The normalized spacial score (nSPS) is 10.1. The second-order valence-electron chi connectivity index (χ2n) is 3.80. The van der Waals surface area contributed by atoms with Crippen molar-refractivity contribution in [1.82, 2.24) is 4.98 Å². The maximum Gasteiger partial charge on any atom is 0.308 e. The zero-order valence-corrected chi connectivity index (χ0v) is 10.6. The van der Waals surface area contributed by atoms with Crippen LogP contribution >= 0.6 is 0 Å². The van der Waals surface area contributed by atoms with Crippen molar-refractivity contribution in [2.45, 2.75) is 13.6 Å². The van der Waals surface area contributed by atoms with Gasteiger partial charge >= 0.3 is 5.97 Å². The van der Waals surface area contributed by atoms with Crippen LogP contribution in [0.3, 0.4) is 0 Å². The summed E-state index contributed by atoms with van der Waals surface area (Å²) in [5, 5.41) is 2.42. The van der Waals surface area contributed by atoms with Crippen LogP contribution in [0.4, 0.5) is 10.2 Å². The average molecular weight is 278 g/mol. The number of alkyl halides is 1. The predicted octanol–water partition coefficient (Wildman–Crippen LogP) is 2.32. The van der Waals surface area contributed by atoms with Crippen molar-refractivity contribution in [2.24, 2.45) is 0 Å². The summed E-state index contributed by atoms with van der Waals surface area (Å²) in [6, 6.07) is 6.24. The molecule has 0 fully saturated rings. The number of ether oxygens (including phenoxy) is 1. The van der Waals surface area contributed by atoms with Crippen LogP contribution < -0.4 is 10.1 Å². The maximum atomic E-state index is 12.3. The van der Waals surface area contributed by atoms with E-state index >= 15 is 0 Å². The first-order chi connectivity index (χ1) is 9.60. The highest BCUT2D eigenvalue weighted by molar-refractivity contribution is 6.06. The Morgan fingerprint density at radius 2 is 2.15 bits per heavy atom. The smallest absolute Gasteiger partial charge is 0.308 e. The lowest BCUT2D eigenvalue weighted by molar-refractivity contribution is -0.131. The summed E-state index contributed by atoms with van der Waals surface area (Å²) in [4.78, 5) is 26.7. The Morgan fingerprint density at radius 1 is 1.40 bits per heavy atom. The summed E-state index contributed by atoms with van der Waals surface area (Å²) in [5.74, 6) is -0.993. The van der Waals surface area contributed by atoms with Crippen LogP contribution in [0.15, 0.2) is 34.9 Å². The summed E-state index contributed by atoms with van der Waals surface area (Å²) in [6.07, 6.45) is 1.13. The molecule has 2 aromatic rings. The molecule has 7 heteroatoms. The van der Waals surface area contributed by atoms with Gasteiger partial charge in [0, 0.05) is 6.92 Å². The molecule has 0 radical (unpaired) electrons. The van der Waals surface area contributed by atoms with Gasteiger partial charge in [0.25, 0.3) is 5.91 Å². The number of para-hydroxylation sites is 1. The van der Waals surface area contributed by atoms with Gasteiger partial charge in [-0.2, -0.15) is 4.98 Å². The van der Waals surface area contributed by atoms with E-state index in [1.165, 1.54) is 19.1 Å². The molecule has 0 spiro atoms. The van der Waals surface area contributed by atoms with Crippen molar-refractivity contribution in [3.8, 4) is 5.75 Å². The molecule has 0 atom stereocenters. The molecule has 0 aliphatic rings. The summed E-state index contributed by atoms with van der Waals surface area (Å²) >= 11 is 0. The molecule has 2 rings (SSSR count). The van der Waals surface area contributed by atoms with Crippen LogP contribution in [-0.2, 0) is 11.5 Å². The van der Waals surface area contributed by atoms with E-state index in [4.69, 9.17) is 9.15 Å². The first-order valence-corrected chi connectivity index (χ1v) is 5.69. The third-order valence-electron chi connectivity index (χ3n) is 2.29. The fourth-order valence-corrected chi connectivity index (χ4v) is 1.51. The Hall–Kier alpha value is -2.70. The quantitative estimate of drug-likeness (QED) is 0.685. The third-order valence-corrected chi connectivity index (χ3v) is 2.29. The van der Waals surface area contributed by atoms with Gasteiger partial charge in [-0.05, 0) is 12.1 Å². The standard InChI is InChI=1S/C13H11FN2O4/c1-8(17)20-10-5-3-2-4-9(10)13(18)16-11-7-19-12(6-14)15-11/h2-5,7H,6H2,1H3,(H,16,18). The van der Waals surface area contributed by atoms with E-state index in [9.17, 15) is 14.0 Å². The molecule has 0 aliphatic heterocycles. The number of carbonyl (C=O) groups excluding carboxylic acids is 2. The van der Waals surface area contributed by atoms with Gasteiger partial charge in [0.15, 0.2) is 12.5 Å². The molecule has 20 heavy (non-hydrogen) atoms. The van der Waals surface area contributed by atoms with Crippen LogP contribution in [0, 0.1) is 0 Å². The highest BCUT2D eigenvalue weighted by Gasteiger charge is 2.15. The van der Waals surface area contributed by atoms with Crippen LogP contribution in [0.2, 0.25) is 0 Å². The molecule has 1 heterocycles. The second kappa shape index (κ2) is 5.96. The number of oxazole rings is 1. The fraction of sp³-hybridized carbons (Fsp3) is 0.154. The molecular weight excluding hydrogens is 267 g/mol. The van der Waals surface area contributed by atoms with E-state index in [0.717, 1.165) is 6.26 Å². The van der Waals surface area contributed by atoms with E-state index in [1.54, 1.807) is 12.1 Å². The van der Waals surface area contributed by atoms with Crippen molar-refractivity contribution in [2.75, 3.05) is 5.32 Å². The molecule has 1 amide bonds. The SMILES string of the molecule is CC(=O)Oc1ccccc1C(=O)Nc1coc(CF)n1. The number of amides is 1. The molecule has 0 unspecified atom stereocenters. The highest BCUT2D eigenvalue weighted by Crippen LogP contribution is 2.20. The van der Waals surface area contributed by atoms with Crippen molar-refractivity contribution in [3.05, 3.63) is 42.0 Å². The molecular formula is C13H11FN2O4. The number of carbonyl (C=O) groups is 2. The fourth-order valence-electron chi connectivity index (χ4n) is 1.51. The number of benzene rings is 1. The Labute approximate surface area is 113 Å². The molecule has 6 nitrogen and oxygen atoms in total. The molecule has 1 aromatic carbocycles. The van der Waals surface area contributed by atoms with Crippen molar-refractivity contribution < 1.29 is 23.1 Å². The van der Waals surface area contributed by atoms with Gasteiger partial charge in [0.05, 0.1) is 5.56 Å². The van der Waals surface area contributed by atoms with E-state index < -0.39 is 18.6 Å². The largest absolute Gasteiger partial charge is 0.444 e. The molecule has 0 saturated heterocycles. The number of esters is 1. The minimum absolute atomic E-state index is 0.0836. The first kappa shape index (κ1) is 13.7. The number of hydrogen-bond acceptors (Lipinski definition) is 5. The van der Waals surface area contributed by atoms with Gasteiger partial charge in [0.1, 0.15) is 12.0 Å². The van der Waals surface area contributed by atoms with Gasteiger partial charge in [0.2, 0.25) is 5.89 Å². The molecule has 1 N–H and O–H groups in total. The number of anilines is 1. The van der Waals surface area contributed by atoms with Crippen LogP contribution in [0.25, 0.3) is 0 Å². The molecule has 0 aliphatic carbocycles. The van der Waals surface area contributed by atoms with Crippen molar-refractivity contribution in [3.63, 3.8) is 0 Å². The van der Waals surface area contributed by atoms with E-state index in [-0.39, 0.29) is 23.0 Å². The first-order valence-electron chi connectivity index (χ1n) is 5.69. The van der Waals surface area contributed by atoms with E-state index in [0.29, 0.717) is 0 Å². The van der Waals surface area contributed by atoms with E-state index in [2.05, 4.69) is 10.3 Å². The second-order valence-corrected chi connectivity index (χ2v) is 3.80. The Bertz CT molecular complexity index is 639. The van der Waals surface area contributed by atoms with Crippen molar-refractivity contribution >= 4 is 17.7 Å². The van der Waals surface area contributed by atoms with Gasteiger partial charge in [-0.1, -0.05) is 12.1 Å². The number of hydrogen-bond donors (Lipinski definition) is 1. The van der Waals surface area contributed by atoms with E-state index in [1.807, 2.05) is 0 Å². The predicted molar refractivity (Wildman–Crippen MR) is 67.0 cm³/mol. The zero-order valence-electron chi connectivity index (χ0n) is 10.6. The number of nitrogens with one attached hydrogen (secondary N) is 1. The van der Waals surface area contributed by atoms with Gasteiger partial charge in [-0.25, -0.2) is 4.39 Å². The monoisotopic (exact) mass is 278 g/mol.